The molecule has 0 aliphatic carbocycles. The van der Waals surface area contributed by atoms with E-state index in [0.717, 1.165) is 11.1 Å². The first-order valence-corrected chi connectivity index (χ1v) is 10.1. The van der Waals surface area contributed by atoms with Crippen molar-refractivity contribution in [2.24, 2.45) is 5.73 Å². The van der Waals surface area contributed by atoms with Gasteiger partial charge in [-0.25, -0.2) is 4.79 Å². The minimum Gasteiger partial charge on any atom is -0.496 e. The number of fused-ring (bicyclic) bond motifs is 1. The zero-order valence-corrected chi connectivity index (χ0v) is 18.0. The number of ether oxygens (including phenoxy) is 3. The molecule has 4 rings (SSSR count). The van der Waals surface area contributed by atoms with Gasteiger partial charge in [-0.05, 0) is 40.2 Å². The summed E-state index contributed by atoms with van der Waals surface area (Å²) in [5, 5.41) is 9.73. The Morgan fingerprint density at radius 2 is 1.84 bits per heavy atom. The van der Waals surface area contributed by atoms with Crippen LogP contribution in [0, 0.1) is 11.3 Å². The summed E-state index contributed by atoms with van der Waals surface area (Å²) >= 11 is 3.35. The number of nitriles is 1. The van der Waals surface area contributed by atoms with Crippen molar-refractivity contribution in [2.75, 3.05) is 7.11 Å². The fourth-order valence-corrected chi connectivity index (χ4v) is 3.96. The van der Waals surface area contributed by atoms with Gasteiger partial charge in [0.25, 0.3) is 0 Å². The van der Waals surface area contributed by atoms with Crippen LogP contribution in [0.1, 0.15) is 27.4 Å². The SMILES string of the molecule is COc1ccccc1C1C(C#N)=C(N)Oc2cc(OC(=O)c3ccccc3Br)ccc21. The molecule has 0 radical (unpaired) electrons. The number of benzene rings is 3. The number of hydrogen-bond acceptors (Lipinski definition) is 6. The highest BCUT2D eigenvalue weighted by Gasteiger charge is 2.32. The number of halogens is 1. The molecule has 2 N–H and O–H groups in total. The smallest absolute Gasteiger partial charge is 0.344 e. The summed E-state index contributed by atoms with van der Waals surface area (Å²) in [7, 11) is 1.57. The van der Waals surface area contributed by atoms with Crippen molar-refractivity contribution in [3.05, 3.63) is 99.3 Å². The Hall–Kier alpha value is -3.76. The van der Waals surface area contributed by atoms with Gasteiger partial charge in [0.05, 0.1) is 18.6 Å². The minimum atomic E-state index is -0.509. The Bertz CT molecular complexity index is 1250. The molecule has 3 aromatic rings. The van der Waals surface area contributed by atoms with E-state index in [1.807, 2.05) is 30.3 Å². The molecule has 0 aromatic heterocycles. The molecular formula is C24H17BrN2O4. The maximum atomic E-state index is 12.5. The van der Waals surface area contributed by atoms with Crippen LogP contribution in [0.2, 0.25) is 0 Å². The maximum Gasteiger partial charge on any atom is 0.344 e. The summed E-state index contributed by atoms with van der Waals surface area (Å²) < 4.78 is 17.4. The summed E-state index contributed by atoms with van der Waals surface area (Å²) in [5.74, 6) is 0.352. The van der Waals surface area contributed by atoms with Crippen LogP contribution < -0.4 is 19.9 Å². The first-order valence-electron chi connectivity index (χ1n) is 9.34. The third-order valence-electron chi connectivity index (χ3n) is 4.94. The quantitative estimate of drug-likeness (QED) is 0.425. The number of esters is 1. The molecule has 6 nitrogen and oxygen atoms in total. The summed E-state index contributed by atoms with van der Waals surface area (Å²) in [4.78, 5) is 12.5. The Balaban J connectivity index is 1.74. The number of para-hydroxylation sites is 1. The summed E-state index contributed by atoms with van der Waals surface area (Å²) in [6.45, 7) is 0. The number of nitrogens with zero attached hydrogens (tertiary/aromatic N) is 1. The molecule has 0 saturated carbocycles. The largest absolute Gasteiger partial charge is 0.496 e. The number of carbonyl (C=O) groups excluding carboxylic acids is 1. The highest BCUT2D eigenvalue weighted by atomic mass is 79.9. The lowest BCUT2D eigenvalue weighted by Gasteiger charge is -2.27. The van der Waals surface area contributed by atoms with E-state index in [2.05, 4.69) is 22.0 Å². The van der Waals surface area contributed by atoms with E-state index in [0.29, 0.717) is 27.3 Å². The zero-order chi connectivity index (χ0) is 22.0. The maximum absolute atomic E-state index is 12.5. The average Bonchev–Trinajstić information content (AvgIpc) is 2.78. The predicted molar refractivity (Wildman–Crippen MR) is 118 cm³/mol. The van der Waals surface area contributed by atoms with Crippen molar-refractivity contribution in [3.8, 4) is 23.3 Å². The van der Waals surface area contributed by atoms with E-state index in [9.17, 15) is 10.1 Å². The van der Waals surface area contributed by atoms with Crippen molar-refractivity contribution < 1.29 is 19.0 Å². The number of carbonyl (C=O) groups is 1. The lowest BCUT2D eigenvalue weighted by atomic mass is 9.83. The Morgan fingerprint density at radius 3 is 2.58 bits per heavy atom. The molecule has 7 heteroatoms. The molecule has 0 bridgehead atoms. The Morgan fingerprint density at radius 1 is 1.10 bits per heavy atom. The van der Waals surface area contributed by atoms with Crippen molar-refractivity contribution in [1.82, 2.24) is 0 Å². The first-order chi connectivity index (χ1) is 15.0. The fourth-order valence-electron chi connectivity index (χ4n) is 3.51. The van der Waals surface area contributed by atoms with Crippen molar-refractivity contribution in [1.29, 1.82) is 5.26 Å². The molecular weight excluding hydrogens is 460 g/mol. The van der Waals surface area contributed by atoms with Crippen LogP contribution in [0.25, 0.3) is 0 Å². The van der Waals surface area contributed by atoms with Gasteiger partial charge in [-0.1, -0.05) is 36.4 Å². The second-order valence-corrected chi connectivity index (χ2v) is 7.59. The van der Waals surface area contributed by atoms with E-state index >= 15 is 0 Å². The summed E-state index contributed by atoms with van der Waals surface area (Å²) in [6, 6.07) is 21.6. The lowest BCUT2D eigenvalue weighted by molar-refractivity contribution is 0.0733. The van der Waals surface area contributed by atoms with E-state index in [1.54, 1.807) is 43.5 Å². The van der Waals surface area contributed by atoms with Crippen LogP contribution in [0.15, 0.2) is 82.7 Å². The molecule has 1 aliphatic heterocycles. The van der Waals surface area contributed by atoms with Gasteiger partial charge in [-0.2, -0.15) is 5.26 Å². The third-order valence-corrected chi connectivity index (χ3v) is 5.64. The van der Waals surface area contributed by atoms with Gasteiger partial charge < -0.3 is 19.9 Å². The van der Waals surface area contributed by atoms with Crippen LogP contribution in [0.4, 0.5) is 0 Å². The van der Waals surface area contributed by atoms with Gasteiger partial charge in [0.15, 0.2) is 0 Å². The standard InChI is InChI=1S/C24H17BrN2O4/c1-29-20-9-5-3-7-16(20)22-17-11-10-14(12-21(17)31-23(27)18(22)13-26)30-24(28)15-6-2-4-8-19(15)25/h2-12,22H,27H2,1H3. The minimum absolute atomic E-state index is 0.000173. The van der Waals surface area contributed by atoms with E-state index in [4.69, 9.17) is 19.9 Å². The normalized spacial score (nSPS) is 14.8. The first kappa shape index (κ1) is 20.5. The molecule has 1 atom stereocenters. The second kappa shape index (κ2) is 8.54. The Labute approximate surface area is 187 Å². The molecule has 0 amide bonds. The number of hydrogen-bond donors (Lipinski definition) is 1. The molecule has 31 heavy (non-hydrogen) atoms. The number of methoxy groups -OCH3 is 1. The van der Waals surface area contributed by atoms with Crippen molar-refractivity contribution in [2.45, 2.75) is 5.92 Å². The monoisotopic (exact) mass is 476 g/mol. The second-order valence-electron chi connectivity index (χ2n) is 6.74. The molecule has 154 valence electrons. The molecule has 3 aromatic carbocycles. The van der Waals surface area contributed by atoms with Crippen molar-refractivity contribution >= 4 is 21.9 Å². The van der Waals surface area contributed by atoms with Crippen LogP contribution in [0.3, 0.4) is 0 Å². The number of rotatable bonds is 4. The van der Waals surface area contributed by atoms with Gasteiger partial charge >= 0.3 is 5.97 Å². The molecule has 1 heterocycles. The van der Waals surface area contributed by atoms with Gasteiger partial charge in [0, 0.05) is 21.7 Å². The number of nitrogens with two attached hydrogens (primary N) is 1. The molecule has 0 spiro atoms. The summed E-state index contributed by atoms with van der Waals surface area (Å²) in [5.41, 5.74) is 8.26. The molecule has 1 aliphatic rings. The van der Waals surface area contributed by atoms with E-state index < -0.39 is 11.9 Å². The Kier molecular flexibility index (Phi) is 5.65. The van der Waals surface area contributed by atoms with Crippen LogP contribution in [-0.4, -0.2) is 13.1 Å². The van der Waals surface area contributed by atoms with Crippen LogP contribution in [-0.2, 0) is 0 Å². The van der Waals surface area contributed by atoms with E-state index in [-0.39, 0.29) is 11.5 Å². The fraction of sp³-hybridized carbons (Fsp3) is 0.0833. The van der Waals surface area contributed by atoms with Crippen molar-refractivity contribution in [3.63, 3.8) is 0 Å². The van der Waals surface area contributed by atoms with Gasteiger partial charge in [0.2, 0.25) is 5.88 Å². The van der Waals surface area contributed by atoms with Gasteiger partial charge in [-0.15, -0.1) is 0 Å². The third kappa shape index (κ3) is 3.86. The van der Waals surface area contributed by atoms with Gasteiger partial charge in [-0.3, -0.25) is 0 Å². The molecule has 0 fully saturated rings. The van der Waals surface area contributed by atoms with Crippen LogP contribution in [0.5, 0.6) is 17.2 Å². The highest BCUT2D eigenvalue weighted by molar-refractivity contribution is 9.10. The topological polar surface area (TPSA) is 94.6 Å². The summed E-state index contributed by atoms with van der Waals surface area (Å²) in [6.07, 6.45) is 0. The molecule has 0 saturated heterocycles. The number of allylic oxidation sites excluding steroid dienone is 1. The lowest BCUT2D eigenvalue weighted by Crippen LogP contribution is -2.21. The van der Waals surface area contributed by atoms with Gasteiger partial charge in [0.1, 0.15) is 28.9 Å². The molecule has 1 unspecified atom stereocenters. The predicted octanol–water partition coefficient (Wildman–Crippen LogP) is 4.90. The average molecular weight is 477 g/mol. The zero-order valence-electron chi connectivity index (χ0n) is 16.5. The van der Waals surface area contributed by atoms with E-state index in [1.165, 1.54) is 0 Å². The van der Waals surface area contributed by atoms with Crippen LogP contribution >= 0.6 is 15.9 Å². The highest BCUT2D eigenvalue weighted by Crippen LogP contribution is 2.45.